The Hall–Kier alpha value is -3.12. The van der Waals surface area contributed by atoms with Gasteiger partial charge in [0.05, 0.1) is 11.1 Å². The average molecular weight is 663 g/mol. The van der Waals surface area contributed by atoms with Crippen molar-refractivity contribution in [2.75, 3.05) is 0 Å². The van der Waals surface area contributed by atoms with E-state index in [0.717, 1.165) is 29.3 Å². The molecule has 0 aliphatic heterocycles. The molecular weight excluding hydrogens is 641 g/mol. The van der Waals surface area contributed by atoms with Gasteiger partial charge in [-0.2, -0.15) is 0 Å². The van der Waals surface area contributed by atoms with Crippen LogP contribution in [-0.2, 0) is 0 Å². The molecule has 0 bridgehead atoms. The number of benzene rings is 1. The lowest BCUT2D eigenvalue weighted by atomic mass is 9.86. The maximum atomic E-state index is 12.8. The minimum atomic E-state index is -1.06. The van der Waals surface area contributed by atoms with Crippen molar-refractivity contribution < 1.29 is 19.8 Å². The third kappa shape index (κ3) is 4.49. The lowest BCUT2D eigenvalue weighted by molar-refractivity contribution is 0.0681. The molecule has 1 aromatic carbocycles. The highest BCUT2D eigenvalue weighted by molar-refractivity contribution is 7.32. The van der Waals surface area contributed by atoms with Crippen molar-refractivity contribution in [1.82, 2.24) is 0 Å². The summed E-state index contributed by atoms with van der Waals surface area (Å²) in [6.07, 6.45) is 0. The van der Waals surface area contributed by atoms with Gasteiger partial charge in [0, 0.05) is 68.9 Å². The summed E-state index contributed by atoms with van der Waals surface area (Å²) >= 11 is 9.98. The van der Waals surface area contributed by atoms with Gasteiger partial charge in [0.1, 0.15) is 0 Å². The van der Waals surface area contributed by atoms with Crippen LogP contribution in [0.15, 0.2) is 48.5 Å². The largest absolute Gasteiger partial charge is 0.478 e. The number of hydrogen-bond donors (Lipinski definition) is 2. The van der Waals surface area contributed by atoms with Crippen LogP contribution in [0.25, 0.3) is 59.2 Å². The number of hydrogen-bond acceptors (Lipinski definition) is 8. The van der Waals surface area contributed by atoms with Crippen LogP contribution in [0.5, 0.6) is 0 Å². The maximum Gasteiger partial charge on any atom is 0.336 e. The fourth-order valence-corrected chi connectivity index (χ4v) is 12.5. The third-order valence-corrected chi connectivity index (χ3v) is 14.3. The van der Waals surface area contributed by atoms with Gasteiger partial charge in [-0.15, -0.1) is 68.0 Å². The van der Waals surface area contributed by atoms with Crippen LogP contribution in [0.4, 0.5) is 0 Å². The zero-order valence-electron chi connectivity index (χ0n) is 22.8. The van der Waals surface area contributed by atoms with E-state index in [4.69, 9.17) is 0 Å². The van der Waals surface area contributed by atoms with Crippen LogP contribution >= 0.6 is 68.0 Å². The lowest BCUT2D eigenvalue weighted by Crippen LogP contribution is -2.12. The first kappa shape index (κ1) is 27.7. The summed E-state index contributed by atoms with van der Waals surface area (Å²) in [7, 11) is 0. The zero-order chi connectivity index (χ0) is 29.4. The van der Waals surface area contributed by atoms with Crippen molar-refractivity contribution >= 4 is 98.8 Å². The number of fused-ring (bicyclic) bond motifs is 2. The van der Waals surface area contributed by atoms with Crippen LogP contribution in [0, 0.1) is 27.7 Å². The Bertz CT molecular complexity index is 1990. The second-order valence-corrected chi connectivity index (χ2v) is 17.0. The van der Waals surface area contributed by atoms with E-state index in [2.05, 4.69) is 38.1 Å². The molecular formula is C32H22O4S6. The summed E-state index contributed by atoms with van der Waals surface area (Å²) in [4.78, 5) is 34.0. The van der Waals surface area contributed by atoms with Crippen molar-refractivity contribution in [3.63, 3.8) is 0 Å². The lowest BCUT2D eigenvalue weighted by Gasteiger charge is -2.19. The van der Waals surface area contributed by atoms with Gasteiger partial charge in [-0.3, -0.25) is 0 Å². The molecule has 7 rings (SSSR count). The van der Waals surface area contributed by atoms with Gasteiger partial charge in [-0.25, -0.2) is 9.59 Å². The monoisotopic (exact) mass is 662 g/mol. The molecule has 0 amide bonds. The van der Waals surface area contributed by atoms with E-state index < -0.39 is 11.9 Å². The number of rotatable bonds is 6. The molecule has 42 heavy (non-hydrogen) atoms. The summed E-state index contributed by atoms with van der Waals surface area (Å²) in [6.45, 7) is 7.68. The predicted octanol–water partition coefficient (Wildman–Crippen LogP) is 11.7. The minimum absolute atomic E-state index is 0.158. The van der Waals surface area contributed by atoms with Crippen LogP contribution in [0.3, 0.4) is 0 Å². The number of carboxylic acids is 2. The van der Waals surface area contributed by atoms with E-state index >= 15 is 0 Å². The van der Waals surface area contributed by atoms with Crippen LogP contribution in [0.1, 0.15) is 41.6 Å². The molecule has 0 radical (unpaired) electrons. The van der Waals surface area contributed by atoms with Gasteiger partial charge in [-0.05, 0) is 87.4 Å². The van der Waals surface area contributed by atoms with Crippen molar-refractivity contribution in [1.29, 1.82) is 0 Å². The Morgan fingerprint density at radius 1 is 0.476 bits per heavy atom. The molecule has 6 aromatic heterocycles. The van der Waals surface area contributed by atoms with E-state index in [1.54, 1.807) is 59.2 Å². The van der Waals surface area contributed by atoms with E-state index in [9.17, 15) is 19.8 Å². The van der Waals surface area contributed by atoms with Crippen molar-refractivity contribution in [3.8, 4) is 40.4 Å². The summed E-state index contributed by atoms with van der Waals surface area (Å²) in [6, 6.07) is 16.6. The Balaban J connectivity index is 1.37. The highest BCUT2D eigenvalue weighted by Crippen LogP contribution is 2.48. The smallest absolute Gasteiger partial charge is 0.336 e. The van der Waals surface area contributed by atoms with Gasteiger partial charge < -0.3 is 10.2 Å². The molecule has 0 fully saturated rings. The summed E-state index contributed by atoms with van der Waals surface area (Å²) < 4.78 is 4.97. The molecule has 0 saturated heterocycles. The van der Waals surface area contributed by atoms with E-state index in [0.29, 0.717) is 22.3 Å². The minimum Gasteiger partial charge on any atom is -0.478 e. The first-order valence-electron chi connectivity index (χ1n) is 12.9. The number of thiophene rings is 6. The standard InChI is InChI=1S/C32H22O4S6/c1-13-9-21-25(37-13)11-23(41-21)17-5-7-19(39-17)27-15(3)30(32(35)36)28(16(4)29(27)31(33)34)20-8-6-18(40-20)24-12-26-22(42-24)10-14(2)38-26/h5-12H,1-4H3,(H,33,34)(H,35,36). The van der Waals surface area contributed by atoms with Gasteiger partial charge in [0.25, 0.3) is 0 Å². The van der Waals surface area contributed by atoms with Gasteiger partial charge in [0.15, 0.2) is 0 Å². The third-order valence-electron chi connectivity index (χ3n) is 7.28. The summed E-state index contributed by atoms with van der Waals surface area (Å²) in [5, 5.41) is 21.0. The Morgan fingerprint density at radius 2 is 0.833 bits per heavy atom. The SMILES string of the molecule is Cc1cc2sc(-c3ccc(-c4c(C)c(C(=O)O)c(-c5ccc(-c6cc7sc(C)cc7s6)s5)c(C)c4C(=O)O)s3)cc2s1. The molecule has 2 N–H and O–H groups in total. The Kier molecular flexibility index (Phi) is 6.76. The number of aryl methyl sites for hydroxylation is 2. The fourth-order valence-electron chi connectivity index (χ4n) is 5.52. The van der Waals surface area contributed by atoms with Crippen LogP contribution in [-0.4, -0.2) is 22.2 Å². The van der Waals surface area contributed by atoms with Crippen LogP contribution in [0.2, 0.25) is 0 Å². The van der Waals surface area contributed by atoms with E-state index in [1.807, 2.05) is 24.3 Å². The van der Waals surface area contributed by atoms with Crippen molar-refractivity contribution in [2.24, 2.45) is 0 Å². The molecule has 210 valence electrons. The Morgan fingerprint density at radius 3 is 1.19 bits per heavy atom. The van der Waals surface area contributed by atoms with Gasteiger partial charge in [0.2, 0.25) is 0 Å². The summed E-state index contributed by atoms with van der Waals surface area (Å²) in [5.74, 6) is -2.12. The van der Waals surface area contributed by atoms with Gasteiger partial charge in [-0.1, -0.05) is 0 Å². The highest BCUT2D eigenvalue weighted by Gasteiger charge is 2.29. The van der Waals surface area contributed by atoms with E-state index in [1.165, 1.54) is 51.2 Å². The van der Waals surface area contributed by atoms with Crippen molar-refractivity contribution in [3.05, 3.63) is 80.5 Å². The molecule has 0 aliphatic carbocycles. The number of aromatic carboxylic acids is 2. The quantitative estimate of drug-likeness (QED) is 0.186. The maximum absolute atomic E-state index is 12.8. The first-order chi connectivity index (χ1) is 20.1. The summed E-state index contributed by atoms with van der Waals surface area (Å²) in [5.41, 5.74) is 2.23. The molecule has 4 nitrogen and oxygen atoms in total. The second-order valence-electron chi connectivity index (χ2n) is 10.1. The topological polar surface area (TPSA) is 74.6 Å². The molecule has 0 spiro atoms. The van der Waals surface area contributed by atoms with E-state index in [-0.39, 0.29) is 11.1 Å². The number of carboxylic acid groups (broad SMARTS) is 2. The molecule has 7 aromatic rings. The molecule has 0 saturated carbocycles. The molecule has 0 unspecified atom stereocenters. The molecule has 0 atom stereocenters. The highest BCUT2D eigenvalue weighted by atomic mass is 32.1. The second kappa shape index (κ2) is 10.3. The molecule has 6 heterocycles. The molecule has 10 heteroatoms. The number of carbonyl (C=O) groups is 2. The van der Waals surface area contributed by atoms with Crippen molar-refractivity contribution in [2.45, 2.75) is 27.7 Å². The normalized spacial score (nSPS) is 11.7. The Labute approximate surface area is 265 Å². The fraction of sp³-hybridized carbons (Fsp3) is 0.125. The first-order valence-corrected chi connectivity index (χ1v) is 17.8. The molecule has 0 aliphatic rings. The average Bonchev–Trinajstić information content (AvgIpc) is 3.73. The zero-order valence-corrected chi connectivity index (χ0v) is 27.7. The van der Waals surface area contributed by atoms with Gasteiger partial charge >= 0.3 is 11.9 Å². The predicted molar refractivity (Wildman–Crippen MR) is 183 cm³/mol. The van der Waals surface area contributed by atoms with Crippen LogP contribution < -0.4 is 0 Å².